The second kappa shape index (κ2) is 6.66. The molecule has 0 radical (unpaired) electrons. The number of fused-ring (bicyclic) bond motifs is 2. The zero-order valence-electron chi connectivity index (χ0n) is 18.4. The number of allylic oxidation sites excluding steroid dienone is 2. The molecule has 2 saturated carbocycles. The van der Waals surface area contributed by atoms with E-state index in [4.69, 9.17) is 14.2 Å². The van der Waals surface area contributed by atoms with Gasteiger partial charge in [0, 0.05) is 29.6 Å². The summed E-state index contributed by atoms with van der Waals surface area (Å²) in [5.74, 6) is -2.05. The van der Waals surface area contributed by atoms with Crippen LogP contribution in [0.1, 0.15) is 53.9 Å². The quantitative estimate of drug-likeness (QED) is 0.636. The van der Waals surface area contributed by atoms with Gasteiger partial charge in [-0.15, -0.1) is 0 Å². The Kier molecular flexibility index (Phi) is 4.68. The van der Waals surface area contributed by atoms with Crippen molar-refractivity contribution in [1.82, 2.24) is 0 Å². The van der Waals surface area contributed by atoms with E-state index >= 15 is 0 Å². The van der Waals surface area contributed by atoms with E-state index in [0.29, 0.717) is 12.8 Å². The van der Waals surface area contributed by atoms with Gasteiger partial charge in [-0.2, -0.15) is 0 Å². The molecule has 0 aromatic heterocycles. The molecular weight excluding hydrogens is 388 g/mol. The average Bonchev–Trinajstić information content (AvgIpc) is 2.64. The van der Waals surface area contributed by atoms with Crippen molar-refractivity contribution >= 4 is 23.5 Å². The van der Waals surface area contributed by atoms with Gasteiger partial charge in [0.05, 0.1) is 13.5 Å². The van der Waals surface area contributed by atoms with Gasteiger partial charge in [-0.1, -0.05) is 20.8 Å². The molecule has 4 aliphatic rings. The van der Waals surface area contributed by atoms with Crippen LogP contribution in [0, 0.1) is 34.5 Å². The Balaban J connectivity index is 1.92. The van der Waals surface area contributed by atoms with Crippen LogP contribution in [0.15, 0.2) is 11.3 Å². The molecule has 1 saturated heterocycles. The Bertz CT molecular complexity index is 873. The standard InChI is InChI=1S/C23H30O7/c1-10-7-15(29-12(3)24)21(27)23(5)13(10)8-16-22(4)14(9-17(25)30-16)11(2)19(28-6)18(26)20(22)23/h10,13-16,20H,7-9H2,1-6H3/t10?,13-,14-,15?,16+,20-,22+,23-/m0/s1. The van der Waals surface area contributed by atoms with Crippen molar-refractivity contribution in [2.75, 3.05) is 7.11 Å². The normalized spacial score (nSPS) is 45.3. The lowest BCUT2D eigenvalue weighted by Crippen LogP contribution is -2.70. The number of hydrogen-bond donors (Lipinski definition) is 0. The molecule has 0 aromatic carbocycles. The van der Waals surface area contributed by atoms with E-state index < -0.39 is 34.9 Å². The lowest BCUT2D eigenvalue weighted by atomic mass is 9.39. The van der Waals surface area contributed by atoms with E-state index in [-0.39, 0.29) is 47.5 Å². The highest BCUT2D eigenvalue weighted by atomic mass is 16.6. The van der Waals surface area contributed by atoms with Crippen LogP contribution in [-0.2, 0) is 33.4 Å². The maximum Gasteiger partial charge on any atom is 0.306 e. The van der Waals surface area contributed by atoms with Crippen molar-refractivity contribution in [1.29, 1.82) is 0 Å². The van der Waals surface area contributed by atoms with Gasteiger partial charge in [-0.05, 0) is 37.2 Å². The van der Waals surface area contributed by atoms with Crippen LogP contribution in [-0.4, -0.2) is 42.8 Å². The van der Waals surface area contributed by atoms with Gasteiger partial charge in [0.25, 0.3) is 0 Å². The topological polar surface area (TPSA) is 96.0 Å². The van der Waals surface area contributed by atoms with Crippen LogP contribution < -0.4 is 0 Å². The molecule has 2 unspecified atom stereocenters. The first-order chi connectivity index (χ1) is 14.0. The van der Waals surface area contributed by atoms with Crippen molar-refractivity contribution in [2.45, 2.75) is 66.1 Å². The third-order valence-corrected chi connectivity index (χ3v) is 8.52. The molecule has 0 amide bonds. The molecule has 7 heteroatoms. The lowest BCUT2D eigenvalue weighted by molar-refractivity contribution is -0.225. The molecule has 0 aromatic rings. The predicted octanol–water partition coefficient (Wildman–Crippen LogP) is 2.61. The molecule has 0 N–H and O–H groups in total. The van der Waals surface area contributed by atoms with Crippen LogP contribution in [0.2, 0.25) is 0 Å². The highest BCUT2D eigenvalue weighted by Crippen LogP contribution is 2.67. The number of Topliss-reactive ketones (excluding diaryl/α,β-unsaturated/α-hetero) is 2. The highest BCUT2D eigenvalue weighted by Gasteiger charge is 2.72. The van der Waals surface area contributed by atoms with Gasteiger partial charge in [0.15, 0.2) is 17.6 Å². The summed E-state index contributed by atoms with van der Waals surface area (Å²) < 4.78 is 16.7. The number of ketones is 2. The average molecular weight is 418 g/mol. The van der Waals surface area contributed by atoms with Crippen molar-refractivity contribution in [2.24, 2.45) is 34.5 Å². The van der Waals surface area contributed by atoms with Crippen LogP contribution in [0.4, 0.5) is 0 Å². The Morgan fingerprint density at radius 1 is 1.17 bits per heavy atom. The van der Waals surface area contributed by atoms with Crippen molar-refractivity contribution in [3.05, 3.63) is 11.3 Å². The number of ether oxygens (including phenoxy) is 3. The van der Waals surface area contributed by atoms with E-state index in [0.717, 1.165) is 5.57 Å². The van der Waals surface area contributed by atoms with Crippen LogP contribution >= 0.6 is 0 Å². The molecule has 1 heterocycles. The summed E-state index contributed by atoms with van der Waals surface area (Å²) >= 11 is 0. The minimum atomic E-state index is -1.04. The minimum absolute atomic E-state index is 0.0199. The van der Waals surface area contributed by atoms with Gasteiger partial charge in [-0.25, -0.2) is 0 Å². The molecule has 164 valence electrons. The zero-order chi connectivity index (χ0) is 22.2. The number of rotatable bonds is 2. The second-order valence-corrected chi connectivity index (χ2v) is 9.91. The molecular formula is C23H30O7. The second-order valence-electron chi connectivity index (χ2n) is 9.91. The van der Waals surface area contributed by atoms with Gasteiger partial charge in [0.2, 0.25) is 5.78 Å². The molecule has 30 heavy (non-hydrogen) atoms. The third kappa shape index (κ3) is 2.50. The first kappa shape index (κ1) is 21.1. The van der Waals surface area contributed by atoms with Crippen LogP contribution in [0.25, 0.3) is 0 Å². The Morgan fingerprint density at radius 3 is 2.43 bits per heavy atom. The van der Waals surface area contributed by atoms with Gasteiger partial charge in [0.1, 0.15) is 6.10 Å². The van der Waals surface area contributed by atoms with Crippen molar-refractivity contribution in [3.8, 4) is 0 Å². The summed E-state index contributed by atoms with van der Waals surface area (Å²) in [5, 5.41) is 0. The number of hydrogen-bond acceptors (Lipinski definition) is 7. The first-order valence-electron chi connectivity index (χ1n) is 10.7. The maximum atomic E-state index is 13.8. The number of carbonyl (C=O) groups is 4. The summed E-state index contributed by atoms with van der Waals surface area (Å²) in [6.45, 7) is 8.96. The summed E-state index contributed by atoms with van der Waals surface area (Å²) in [4.78, 5) is 51.6. The van der Waals surface area contributed by atoms with Crippen LogP contribution in [0.3, 0.4) is 0 Å². The number of esters is 2. The SMILES string of the molecule is COC1=C(C)[C@@H]2CC(=O)O[C@@H]3C[C@H]4C(C)CC(OC(C)=O)C(=O)[C@]4(C)[C@@H](C1=O)[C@@]32C. The van der Waals surface area contributed by atoms with Gasteiger partial charge >= 0.3 is 11.9 Å². The number of carbonyl (C=O) groups excluding carboxylic acids is 4. The first-order valence-corrected chi connectivity index (χ1v) is 10.7. The largest absolute Gasteiger partial charge is 0.493 e. The van der Waals surface area contributed by atoms with E-state index in [1.54, 1.807) is 0 Å². The van der Waals surface area contributed by atoms with Crippen LogP contribution in [0.5, 0.6) is 0 Å². The van der Waals surface area contributed by atoms with Crippen molar-refractivity contribution < 1.29 is 33.4 Å². The fourth-order valence-electron chi connectivity index (χ4n) is 7.30. The van der Waals surface area contributed by atoms with Gasteiger partial charge < -0.3 is 14.2 Å². The van der Waals surface area contributed by atoms with Gasteiger partial charge in [-0.3, -0.25) is 19.2 Å². The molecule has 3 fully saturated rings. The molecule has 7 nitrogen and oxygen atoms in total. The summed E-state index contributed by atoms with van der Waals surface area (Å²) in [7, 11) is 1.45. The van der Waals surface area contributed by atoms with E-state index in [2.05, 4.69) is 0 Å². The minimum Gasteiger partial charge on any atom is -0.493 e. The Hall–Kier alpha value is -2.18. The van der Waals surface area contributed by atoms with E-state index in [1.165, 1.54) is 14.0 Å². The molecule has 4 rings (SSSR count). The number of methoxy groups -OCH3 is 1. The van der Waals surface area contributed by atoms with E-state index in [9.17, 15) is 19.2 Å². The highest BCUT2D eigenvalue weighted by molar-refractivity contribution is 6.04. The maximum absolute atomic E-state index is 13.8. The molecule has 1 aliphatic heterocycles. The predicted molar refractivity (Wildman–Crippen MR) is 105 cm³/mol. The zero-order valence-corrected chi connectivity index (χ0v) is 18.4. The Morgan fingerprint density at radius 2 is 1.83 bits per heavy atom. The summed E-state index contributed by atoms with van der Waals surface area (Å²) in [5.41, 5.74) is -1.000. The smallest absolute Gasteiger partial charge is 0.306 e. The van der Waals surface area contributed by atoms with Crippen molar-refractivity contribution in [3.63, 3.8) is 0 Å². The Labute approximate surface area is 176 Å². The molecule has 3 aliphatic carbocycles. The molecule has 0 spiro atoms. The van der Waals surface area contributed by atoms with E-state index in [1.807, 2.05) is 27.7 Å². The fourth-order valence-corrected chi connectivity index (χ4v) is 7.30. The summed E-state index contributed by atoms with van der Waals surface area (Å²) in [6.07, 6.45) is -0.215. The lowest BCUT2D eigenvalue weighted by Gasteiger charge is -2.65. The fraction of sp³-hybridized carbons (Fsp3) is 0.739. The molecule has 8 atom stereocenters. The summed E-state index contributed by atoms with van der Waals surface area (Å²) in [6, 6.07) is 0. The monoisotopic (exact) mass is 418 g/mol. The third-order valence-electron chi connectivity index (χ3n) is 8.52. The molecule has 0 bridgehead atoms.